The van der Waals surface area contributed by atoms with Gasteiger partial charge in [0.1, 0.15) is 6.04 Å². The Bertz CT molecular complexity index is 666. The van der Waals surface area contributed by atoms with Gasteiger partial charge in [0.15, 0.2) is 0 Å². The summed E-state index contributed by atoms with van der Waals surface area (Å²) in [7, 11) is 0. The number of fused-ring (bicyclic) bond motifs is 1. The smallest absolute Gasteiger partial charge is 0.289 e. The van der Waals surface area contributed by atoms with Crippen LogP contribution in [-0.2, 0) is 19.2 Å². The van der Waals surface area contributed by atoms with Crippen molar-refractivity contribution in [1.29, 1.82) is 0 Å². The zero-order chi connectivity index (χ0) is 22.8. The molecule has 0 unspecified atom stereocenters. The van der Waals surface area contributed by atoms with Gasteiger partial charge in [-0.2, -0.15) is 0 Å². The number of nitrogens with zero attached hydrogens (tertiary/aromatic N) is 1. The molecule has 4 N–H and O–H groups in total. The van der Waals surface area contributed by atoms with Gasteiger partial charge in [0, 0.05) is 13.1 Å². The van der Waals surface area contributed by atoms with E-state index in [4.69, 9.17) is 5.73 Å². The number of carbonyl (C=O) groups is 4. The Hall–Kier alpha value is -2.22. The first-order chi connectivity index (χ1) is 14.8. The predicted octanol–water partition coefficient (Wildman–Crippen LogP) is 1.43. The van der Waals surface area contributed by atoms with Crippen molar-refractivity contribution in [1.82, 2.24) is 15.5 Å². The highest BCUT2D eigenvalue weighted by atomic mass is 16.2. The van der Waals surface area contributed by atoms with Gasteiger partial charge in [-0.1, -0.05) is 57.9 Å². The molecule has 0 spiro atoms. The van der Waals surface area contributed by atoms with Crippen molar-refractivity contribution >= 4 is 23.5 Å². The molecule has 4 atom stereocenters. The number of Topliss-reactive ketones (excluding diaryl/α,β-unsaturated/α-hetero) is 1. The Labute approximate surface area is 185 Å². The molecular weight excluding hydrogens is 396 g/mol. The minimum absolute atomic E-state index is 0.166. The maximum atomic E-state index is 13.1. The summed E-state index contributed by atoms with van der Waals surface area (Å²) in [6.45, 7) is 6.18. The molecule has 8 nitrogen and oxygen atoms in total. The second-order valence-corrected chi connectivity index (χ2v) is 8.93. The van der Waals surface area contributed by atoms with Crippen molar-refractivity contribution in [3.8, 4) is 0 Å². The van der Waals surface area contributed by atoms with Gasteiger partial charge in [0.25, 0.3) is 5.91 Å². The van der Waals surface area contributed by atoms with Crippen LogP contribution < -0.4 is 16.4 Å². The average molecular weight is 435 g/mol. The zero-order valence-electron chi connectivity index (χ0n) is 18.7. The first-order valence-electron chi connectivity index (χ1n) is 11.6. The van der Waals surface area contributed by atoms with Crippen LogP contribution in [0.15, 0.2) is 12.7 Å². The van der Waals surface area contributed by atoms with Crippen LogP contribution >= 0.6 is 0 Å². The van der Waals surface area contributed by atoms with E-state index >= 15 is 0 Å². The van der Waals surface area contributed by atoms with Crippen LogP contribution in [0.3, 0.4) is 0 Å². The summed E-state index contributed by atoms with van der Waals surface area (Å²) < 4.78 is 0. The van der Waals surface area contributed by atoms with E-state index < -0.39 is 29.8 Å². The summed E-state index contributed by atoms with van der Waals surface area (Å²) in [6.07, 6.45) is 9.88. The van der Waals surface area contributed by atoms with Crippen molar-refractivity contribution < 1.29 is 19.2 Å². The van der Waals surface area contributed by atoms with Crippen molar-refractivity contribution in [2.24, 2.45) is 11.7 Å². The van der Waals surface area contributed by atoms with Crippen molar-refractivity contribution in [2.45, 2.75) is 89.3 Å². The third-order valence-electron chi connectivity index (χ3n) is 6.18. The first-order valence-corrected chi connectivity index (χ1v) is 11.6. The van der Waals surface area contributed by atoms with Gasteiger partial charge in [-0.15, -0.1) is 6.58 Å². The molecule has 0 aliphatic carbocycles. The Balaban J connectivity index is 2.17. The molecule has 0 saturated carbocycles. The fourth-order valence-corrected chi connectivity index (χ4v) is 4.42. The fraction of sp³-hybridized carbons (Fsp3) is 0.739. The monoisotopic (exact) mass is 434 g/mol. The van der Waals surface area contributed by atoms with Gasteiger partial charge < -0.3 is 21.3 Å². The molecule has 2 saturated heterocycles. The number of nitrogens with one attached hydrogen (secondary N) is 2. The van der Waals surface area contributed by atoms with Gasteiger partial charge in [-0.25, -0.2) is 0 Å². The molecule has 3 amide bonds. The van der Waals surface area contributed by atoms with E-state index in [1.54, 1.807) is 4.90 Å². The van der Waals surface area contributed by atoms with Crippen LogP contribution in [0.1, 0.15) is 71.1 Å². The number of carbonyl (C=O) groups excluding carboxylic acids is 4. The quantitative estimate of drug-likeness (QED) is 0.456. The molecule has 8 heteroatoms. The highest BCUT2D eigenvalue weighted by molar-refractivity contribution is 6.38. The standard InChI is InChI=1S/C23H38N4O4/c1-3-13-25-22(30)20(28)18-12-10-8-6-4-5-7-9-11-17(24)23(31)27-15-16(2)14-19(27)21(29)26-18/h3,16-19H,1,4-15,24H2,2H3,(H,25,30)(H,26,29)/t16-,17+,18+,19+/m1/s1. The molecule has 0 aromatic heterocycles. The molecule has 174 valence electrons. The van der Waals surface area contributed by atoms with Crippen molar-refractivity contribution in [2.75, 3.05) is 13.1 Å². The van der Waals surface area contributed by atoms with E-state index in [1.165, 1.54) is 6.08 Å². The lowest BCUT2D eigenvalue weighted by atomic mass is 9.99. The summed E-state index contributed by atoms with van der Waals surface area (Å²) in [6, 6.07) is -2.17. The highest BCUT2D eigenvalue weighted by Gasteiger charge is 2.40. The molecule has 2 heterocycles. The number of ketones is 1. The fourth-order valence-electron chi connectivity index (χ4n) is 4.42. The van der Waals surface area contributed by atoms with E-state index in [9.17, 15) is 19.2 Å². The van der Waals surface area contributed by atoms with Gasteiger partial charge in [-0.05, 0) is 25.2 Å². The second-order valence-electron chi connectivity index (χ2n) is 8.93. The first kappa shape index (κ1) is 25.0. The van der Waals surface area contributed by atoms with Gasteiger partial charge >= 0.3 is 0 Å². The molecule has 2 fully saturated rings. The van der Waals surface area contributed by atoms with E-state index in [0.717, 1.165) is 44.9 Å². The minimum atomic E-state index is -0.897. The minimum Gasteiger partial charge on any atom is -0.346 e. The lowest BCUT2D eigenvalue weighted by Gasteiger charge is -2.28. The molecule has 0 radical (unpaired) electrons. The van der Waals surface area contributed by atoms with Gasteiger partial charge in [0.2, 0.25) is 17.6 Å². The molecule has 0 bridgehead atoms. The Kier molecular flexibility index (Phi) is 10.2. The topological polar surface area (TPSA) is 122 Å². The molecule has 0 aromatic rings. The summed E-state index contributed by atoms with van der Waals surface area (Å²) in [4.78, 5) is 52.5. The van der Waals surface area contributed by atoms with Gasteiger partial charge in [-0.3, -0.25) is 19.2 Å². The average Bonchev–Trinajstić information content (AvgIpc) is 3.15. The van der Waals surface area contributed by atoms with Crippen LogP contribution in [0, 0.1) is 5.92 Å². The predicted molar refractivity (Wildman–Crippen MR) is 119 cm³/mol. The molecule has 31 heavy (non-hydrogen) atoms. The van der Waals surface area contributed by atoms with E-state index in [-0.39, 0.29) is 24.3 Å². The summed E-state index contributed by atoms with van der Waals surface area (Å²) in [5.41, 5.74) is 6.15. The number of hydrogen-bond acceptors (Lipinski definition) is 5. The van der Waals surface area contributed by atoms with E-state index in [2.05, 4.69) is 17.2 Å². The van der Waals surface area contributed by atoms with Crippen LogP contribution in [0.25, 0.3) is 0 Å². The van der Waals surface area contributed by atoms with Crippen molar-refractivity contribution in [3.05, 3.63) is 12.7 Å². The van der Waals surface area contributed by atoms with Crippen LogP contribution in [0.4, 0.5) is 0 Å². The molecular formula is C23H38N4O4. The molecule has 2 rings (SSSR count). The number of amides is 3. The normalized spacial score (nSPS) is 29.0. The molecule has 0 aromatic carbocycles. The molecule has 2 aliphatic rings. The van der Waals surface area contributed by atoms with Crippen molar-refractivity contribution in [3.63, 3.8) is 0 Å². The number of rotatable bonds is 4. The van der Waals surface area contributed by atoms with Crippen LogP contribution in [0.2, 0.25) is 0 Å². The SMILES string of the molecule is C=CCNC(=O)C(=O)[C@@H]1CCCCCCCCC[C@H](N)C(=O)N2C[C@H](C)C[C@H]2C(=O)N1. The highest BCUT2D eigenvalue weighted by Crippen LogP contribution is 2.25. The lowest BCUT2D eigenvalue weighted by Crippen LogP contribution is -2.55. The maximum Gasteiger partial charge on any atom is 0.289 e. The van der Waals surface area contributed by atoms with Gasteiger partial charge in [0.05, 0.1) is 12.1 Å². The Morgan fingerprint density at radius 2 is 1.74 bits per heavy atom. The second kappa shape index (κ2) is 12.6. The Morgan fingerprint density at radius 3 is 2.39 bits per heavy atom. The number of nitrogens with two attached hydrogens (primary N) is 1. The van der Waals surface area contributed by atoms with Crippen LogP contribution in [0.5, 0.6) is 0 Å². The molecule has 2 aliphatic heterocycles. The van der Waals surface area contributed by atoms with E-state index in [0.29, 0.717) is 25.8 Å². The van der Waals surface area contributed by atoms with Crippen LogP contribution in [-0.4, -0.2) is 59.6 Å². The van der Waals surface area contributed by atoms with E-state index in [1.807, 2.05) is 6.92 Å². The summed E-state index contributed by atoms with van der Waals surface area (Å²) in [5, 5.41) is 5.26. The third-order valence-corrected chi connectivity index (χ3v) is 6.18. The maximum absolute atomic E-state index is 13.1. The third kappa shape index (κ3) is 7.45. The largest absolute Gasteiger partial charge is 0.346 e. The Morgan fingerprint density at radius 1 is 1.13 bits per heavy atom. The number of hydrogen-bond donors (Lipinski definition) is 3. The zero-order valence-corrected chi connectivity index (χ0v) is 18.7. The summed E-state index contributed by atoms with van der Waals surface area (Å²) in [5.74, 6) is -1.81. The summed E-state index contributed by atoms with van der Waals surface area (Å²) >= 11 is 0. The lowest BCUT2D eigenvalue weighted by molar-refractivity contribution is -0.142.